The van der Waals surface area contributed by atoms with E-state index in [9.17, 15) is 22.8 Å². The number of nitrogens with two attached hydrogens (primary N) is 1. The van der Waals surface area contributed by atoms with Crippen molar-refractivity contribution >= 4 is 33.5 Å². The van der Waals surface area contributed by atoms with Crippen molar-refractivity contribution in [1.29, 1.82) is 0 Å². The van der Waals surface area contributed by atoms with Crippen molar-refractivity contribution < 1.29 is 13.2 Å². The number of hydrogen-bond acceptors (Lipinski definition) is 6. The predicted octanol–water partition coefficient (Wildman–Crippen LogP) is 2.02. The van der Waals surface area contributed by atoms with Gasteiger partial charge in [-0.3, -0.25) is 19.1 Å². The summed E-state index contributed by atoms with van der Waals surface area (Å²) >= 11 is 0. The molecule has 0 unspecified atom stereocenters. The molecule has 0 saturated heterocycles. The fourth-order valence-electron chi connectivity index (χ4n) is 3.52. The number of nitrogens with zero attached hydrogens (tertiary/aromatic N) is 3. The number of aromatic nitrogens is 2. The highest BCUT2D eigenvalue weighted by Gasteiger charge is 2.22. The third-order valence-corrected chi connectivity index (χ3v) is 7.51. The molecule has 1 amide bonds. The Morgan fingerprint density at radius 1 is 1.06 bits per heavy atom. The molecular formula is C23H33N5O5S. The molecule has 0 aliphatic rings. The monoisotopic (exact) mass is 491 g/mol. The van der Waals surface area contributed by atoms with Crippen LogP contribution >= 0.6 is 0 Å². The first-order chi connectivity index (χ1) is 16.1. The van der Waals surface area contributed by atoms with E-state index < -0.39 is 27.2 Å². The van der Waals surface area contributed by atoms with Gasteiger partial charge in [-0.2, -0.15) is 4.31 Å². The predicted molar refractivity (Wildman–Crippen MR) is 134 cm³/mol. The van der Waals surface area contributed by atoms with Crippen LogP contribution in [-0.2, 0) is 21.4 Å². The number of anilines is 2. The number of nitrogens with one attached hydrogen (secondary N) is 1. The van der Waals surface area contributed by atoms with Crippen LogP contribution in [0.3, 0.4) is 0 Å². The van der Waals surface area contributed by atoms with Crippen LogP contribution in [0.4, 0.5) is 11.5 Å². The van der Waals surface area contributed by atoms with Gasteiger partial charge in [0.05, 0.1) is 4.90 Å². The van der Waals surface area contributed by atoms with Crippen molar-refractivity contribution in [3.63, 3.8) is 0 Å². The normalized spacial score (nSPS) is 11.9. The van der Waals surface area contributed by atoms with Crippen LogP contribution in [0, 0.1) is 0 Å². The zero-order valence-electron chi connectivity index (χ0n) is 20.1. The van der Waals surface area contributed by atoms with Gasteiger partial charge in [-0.25, -0.2) is 13.2 Å². The number of rotatable bonds is 11. The summed E-state index contributed by atoms with van der Waals surface area (Å²) in [5.41, 5.74) is 5.31. The Hall–Kier alpha value is -3.18. The highest BCUT2D eigenvalue weighted by Crippen LogP contribution is 2.19. The fourth-order valence-corrected chi connectivity index (χ4v) is 4.98. The van der Waals surface area contributed by atoms with Crippen LogP contribution in [0.2, 0.25) is 0 Å². The number of carbonyl (C=O) groups is 1. The van der Waals surface area contributed by atoms with E-state index in [4.69, 9.17) is 5.73 Å². The van der Waals surface area contributed by atoms with Crippen molar-refractivity contribution in [2.75, 3.05) is 30.3 Å². The average Bonchev–Trinajstić information content (AvgIpc) is 2.80. The summed E-state index contributed by atoms with van der Waals surface area (Å²) in [5.74, 6) is -0.558. The molecule has 1 aromatic heterocycles. The number of carbonyl (C=O) groups excluding carboxylic acids is 1. The smallest absolute Gasteiger partial charge is 0.330 e. The lowest BCUT2D eigenvalue weighted by Crippen LogP contribution is -2.40. The molecule has 0 atom stereocenters. The molecule has 186 valence electrons. The first-order valence-electron chi connectivity index (χ1n) is 11.3. The van der Waals surface area contributed by atoms with Gasteiger partial charge in [0.25, 0.3) is 11.5 Å². The lowest BCUT2D eigenvalue weighted by atomic mass is 10.2. The molecule has 0 saturated carbocycles. The van der Waals surface area contributed by atoms with E-state index in [0.717, 1.165) is 6.42 Å². The fraction of sp³-hybridized carbons (Fsp3) is 0.435. The number of H-pyrrole nitrogens is 1. The number of amides is 1. The molecule has 2 aromatic rings. The van der Waals surface area contributed by atoms with Gasteiger partial charge >= 0.3 is 5.69 Å². The van der Waals surface area contributed by atoms with Gasteiger partial charge in [-0.1, -0.05) is 39.3 Å². The van der Waals surface area contributed by atoms with E-state index in [1.807, 2.05) is 6.92 Å². The van der Waals surface area contributed by atoms with Crippen LogP contribution in [0.5, 0.6) is 0 Å². The van der Waals surface area contributed by atoms with Gasteiger partial charge in [-0.15, -0.1) is 0 Å². The number of benzene rings is 1. The first kappa shape index (κ1) is 27.1. The molecule has 3 N–H and O–H groups in total. The van der Waals surface area contributed by atoms with Gasteiger partial charge in [0.2, 0.25) is 10.0 Å². The third-order valence-electron chi connectivity index (χ3n) is 5.44. The molecule has 10 nitrogen and oxygen atoms in total. The SMILES string of the molecule is CCCCn1c(N)c(N(CC)C(=O)C=Cc2ccc(S(=O)(=O)N(CC)CC)cc2)c(=O)[nH]c1=O. The second-order valence-corrected chi connectivity index (χ2v) is 9.51. The van der Waals surface area contributed by atoms with Crippen LogP contribution in [0.25, 0.3) is 6.08 Å². The van der Waals surface area contributed by atoms with E-state index in [0.29, 0.717) is 31.6 Å². The first-order valence-corrected chi connectivity index (χ1v) is 12.8. The molecule has 2 rings (SSSR count). The summed E-state index contributed by atoms with van der Waals surface area (Å²) in [6.45, 7) is 8.43. The summed E-state index contributed by atoms with van der Waals surface area (Å²) < 4.78 is 27.9. The van der Waals surface area contributed by atoms with Crippen molar-refractivity contribution in [3.05, 3.63) is 56.7 Å². The molecular weight excluding hydrogens is 458 g/mol. The maximum atomic E-state index is 12.9. The van der Waals surface area contributed by atoms with Crippen molar-refractivity contribution in [2.24, 2.45) is 0 Å². The summed E-state index contributed by atoms with van der Waals surface area (Å²) in [5, 5.41) is 0. The van der Waals surface area contributed by atoms with E-state index in [2.05, 4.69) is 4.98 Å². The maximum Gasteiger partial charge on any atom is 0.330 e. The van der Waals surface area contributed by atoms with Crippen LogP contribution in [-0.4, -0.2) is 47.8 Å². The number of sulfonamides is 1. The Morgan fingerprint density at radius 3 is 2.21 bits per heavy atom. The summed E-state index contributed by atoms with van der Waals surface area (Å²) in [6.07, 6.45) is 4.32. The minimum atomic E-state index is -3.57. The van der Waals surface area contributed by atoms with Gasteiger partial charge in [-0.05, 0) is 37.1 Å². The lowest BCUT2D eigenvalue weighted by Gasteiger charge is -2.22. The molecule has 0 bridgehead atoms. The Balaban J connectivity index is 2.32. The second-order valence-electron chi connectivity index (χ2n) is 7.57. The van der Waals surface area contributed by atoms with Crippen LogP contribution < -0.4 is 21.9 Å². The summed E-state index contributed by atoms with van der Waals surface area (Å²) in [6, 6.07) is 6.18. The van der Waals surface area contributed by atoms with E-state index in [1.165, 1.54) is 38.1 Å². The van der Waals surface area contributed by atoms with Gasteiger partial charge in [0, 0.05) is 32.3 Å². The minimum Gasteiger partial charge on any atom is -0.383 e. The van der Waals surface area contributed by atoms with Gasteiger partial charge < -0.3 is 10.6 Å². The number of aromatic amines is 1. The van der Waals surface area contributed by atoms with Crippen molar-refractivity contribution in [3.8, 4) is 0 Å². The highest BCUT2D eigenvalue weighted by molar-refractivity contribution is 7.89. The molecule has 0 radical (unpaired) electrons. The quantitative estimate of drug-likeness (QED) is 0.461. The topological polar surface area (TPSA) is 139 Å². The Kier molecular flexibility index (Phi) is 9.39. The van der Waals surface area contributed by atoms with Crippen LogP contribution in [0.1, 0.15) is 46.1 Å². The number of hydrogen-bond donors (Lipinski definition) is 2. The summed E-state index contributed by atoms with van der Waals surface area (Å²) in [7, 11) is -3.57. The minimum absolute atomic E-state index is 0.0586. The molecule has 34 heavy (non-hydrogen) atoms. The van der Waals surface area contributed by atoms with E-state index in [-0.39, 0.29) is 22.9 Å². The zero-order chi connectivity index (χ0) is 25.5. The standard InChI is InChI=1S/C23H33N5O5S/c1-5-9-16-28-21(24)20(22(30)25-23(28)31)27(8-4)19(29)15-12-17-10-13-18(14-11-17)34(32,33)26(6-2)7-3/h10-15H,5-9,16,24H2,1-4H3,(H,25,30,31). The molecule has 11 heteroatoms. The molecule has 0 fully saturated rings. The summed E-state index contributed by atoms with van der Waals surface area (Å²) in [4.78, 5) is 41.1. The molecule has 0 aliphatic heterocycles. The highest BCUT2D eigenvalue weighted by atomic mass is 32.2. The molecule has 1 heterocycles. The van der Waals surface area contributed by atoms with Crippen molar-refractivity contribution in [1.82, 2.24) is 13.9 Å². The second kappa shape index (κ2) is 11.8. The number of nitrogen functional groups attached to an aromatic ring is 1. The van der Waals surface area contributed by atoms with Gasteiger partial charge in [0.1, 0.15) is 5.82 Å². The Labute approximate surface area is 199 Å². The molecule has 0 spiro atoms. The van der Waals surface area contributed by atoms with E-state index >= 15 is 0 Å². The Morgan fingerprint density at radius 2 is 1.68 bits per heavy atom. The average molecular weight is 492 g/mol. The van der Waals surface area contributed by atoms with Gasteiger partial charge in [0.15, 0.2) is 5.69 Å². The molecule has 0 aliphatic carbocycles. The van der Waals surface area contributed by atoms with Crippen molar-refractivity contribution in [2.45, 2.75) is 52.0 Å². The third kappa shape index (κ3) is 5.84. The van der Waals surface area contributed by atoms with Crippen LogP contribution in [0.15, 0.2) is 44.8 Å². The zero-order valence-corrected chi connectivity index (χ0v) is 20.9. The van der Waals surface area contributed by atoms with E-state index in [1.54, 1.807) is 32.9 Å². The Bertz CT molecular complexity index is 1240. The molecule has 1 aromatic carbocycles. The maximum absolute atomic E-state index is 12.9. The lowest BCUT2D eigenvalue weighted by molar-refractivity contribution is -0.114. The number of likely N-dealkylation sites (N-methyl/N-ethyl adjacent to an activating group) is 1. The number of unbranched alkanes of at least 4 members (excludes halogenated alkanes) is 1. The largest absolute Gasteiger partial charge is 0.383 e.